The highest BCUT2D eigenvalue weighted by Gasteiger charge is 2.15. The number of aromatic nitrogens is 3. The van der Waals surface area contributed by atoms with Gasteiger partial charge in [0.1, 0.15) is 11.3 Å². The maximum Gasteiger partial charge on any atom is 0.261 e. The zero-order valence-electron chi connectivity index (χ0n) is 8.69. The first-order valence-electron chi connectivity index (χ1n) is 4.67. The molecule has 2 aromatic rings. The molecule has 92 valence electrons. The van der Waals surface area contributed by atoms with Gasteiger partial charge in [-0.25, -0.2) is 15.0 Å². The van der Waals surface area contributed by atoms with Gasteiger partial charge in [0, 0.05) is 6.20 Å². The zero-order valence-corrected chi connectivity index (χ0v) is 10.2. The smallest absolute Gasteiger partial charge is 0.261 e. The van der Waals surface area contributed by atoms with E-state index >= 15 is 0 Å². The van der Waals surface area contributed by atoms with Crippen LogP contribution in [-0.4, -0.2) is 20.9 Å². The molecule has 0 aliphatic heterocycles. The number of amides is 1. The van der Waals surface area contributed by atoms with Gasteiger partial charge >= 0.3 is 0 Å². The van der Waals surface area contributed by atoms with Crippen LogP contribution in [0.5, 0.6) is 0 Å². The number of nitrogens with zero attached hydrogens (tertiary/aromatic N) is 3. The van der Waals surface area contributed by atoms with Gasteiger partial charge in [-0.2, -0.15) is 4.39 Å². The third-order valence-corrected chi connectivity index (χ3v) is 2.72. The first-order chi connectivity index (χ1) is 8.59. The van der Waals surface area contributed by atoms with E-state index in [1.807, 2.05) is 0 Å². The first-order valence-corrected chi connectivity index (χ1v) is 5.43. The van der Waals surface area contributed by atoms with E-state index in [1.54, 1.807) is 0 Å². The highest BCUT2D eigenvalue weighted by molar-refractivity contribution is 6.43. The molecule has 2 rings (SSSR count). The van der Waals surface area contributed by atoms with Crippen molar-refractivity contribution in [2.24, 2.45) is 0 Å². The third kappa shape index (κ3) is 2.55. The van der Waals surface area contributed by atoms with E-state index in [-0.39, 0.29) is 21.6 Å². The summed E-state index contributed by atoms with van der Waals surface area (Å²) in [5.74, 6) is -1.60. The Morgan fingerprint density at radius 3 is 2.78 bits per heavy atom. The van der Waals surface area contributed by atoms with E-state index in [2.05, 4.69) is 20.3 Å². The van der Waals surface area contributed by atoms with Gasteiger partial charge in [-0.05, 0) is 12.1 Å². The summed E-state index contributed by atoms with van der Waals surface area (Å²) in [5, 5.41) is 2.30. The summed E-state index contributed by atoms with van der Waals surface area (Å²) >= 11 is 11.4. The molecule has 0 saturated heterocycles. The van der Waals surface area contributed by atoms with Crippen molar-refractivity contribution < 1.29 is 9.18 Å². The summed E-state index contributed by atoms with van der Waals surface area (Å²) in [6.07, 6.45) is 2.37. The molecule has 2 heterocycles. The van der Waals surface area contributed by atoms with Gasteiger partial charge in [0.25, 0.3) is 5.91 Å². The lowest BCUT2D eigenvalue weighted by Crippen LogP contribution is -2.15. The lowest BCUT2D eigenvalue weighted by molar-refractivity contribution is 0.102. The second kappa shape index (κ2) is 5.24. The van der Waals surface area contributed by atoms with Crippen molar-refractivity contribution in [3.05, 3.63) is 46.3 Å². The Kier molecular flexibility index (Phi) is 3.69. The average Bonchev–Trinajstić information content (AvgIpc) is 2.35. The topological polar surface area (TPSA) is 67.8 Å². The number of pyridine rings is 1. The number of rotatable bonds is 2. The minimum Gasteiger partial charge on any atom is -0.305 e. The summed E-state index contributed by atoms with van der Waals surface area (Å²) in [4.78, 5) is 22.5. The molecule has 0 aliphatic rings. The molecule has 0 unspecified atom stereocenters. The van der Waals surface area contributed by atoms with E-state index in [9.17, 15) is 9.18 Å². The molecule has 18 heavy (non-hydrogen) atoms. The summed E-state index contributed by atoms with van der Waals surface area (Å²) < 4.78 is 13.3. The van der Waals surface area contributed by atoms with Gasteiger partial charge in [0.2, 0.25) is 5.95 Å². The van der Waals surface area contributed by atoms with Crippen LogP contribution < -0.4 is 5.32 Å². The molecule has 1 N–H and O–H groups in total. The Morgan fingerprint density at radius 2 is 2.06 bits per heavy atom. The number of carbonyl (C=O) groups is 1. The quantitative estimate of drug-likeness (QED) is 0.681. The van der Waals surface area contributed by atoms with Crippen molar-refractivity contribution in [3.8, 4) is 0 Å². The van der Waals surface area contributed by atoms with Crippen molar-refractivity contribution in [3.63, 3.8) is 0 Å². The van der Waals surface area contributed by atoms with Gasteiger partial charge in [-0.3, -0.25) is 4.79 Å². The van der Waals surface area contributed by atoms with Gasteiger partial charge in [0.05, 0.1) is 5.56 Å². The number of nitrogens with one attached hydrogen (secondary N) is 1. The minimum atomic E-state index is -0.883. The molecule has 0 spiro atoms. The second-order valence-corrected chi connectivity index (χ2v) is 3.86. The number of halogens is 3. The van der Waals surface area contributed by atoms with Crippen LogP contribution in [-0.2, 0) is 0 Å². The Balaban J connectivity index is 2.27. The molecule has 0 atom stereocenters. The van der Waals surface area contributed by atoms with Crippen LogP contribution >= 0.6 is 23.2 Å². The minimum absolute atomic E-state index is 0.00456. The van der Waals surface area contributed by atoms with Crippen molar-refractivity contribution in [2.45, 2.75) is 0 Å². The SMILES string of the molecule is O=C(Nc1ncnc(Cl)c1Cl)c1cccnc1F. The maximum atomic E-state index is 13.3. The fourth-order valence-electron chi connectivity index (χ4n) is 1.17. The third-order valence-electron chi connectivity index (χ3n) is 1.98. The molecule has 5 nitrogen and oxygen atoms in total. The Bertz CT molecular complexity index is 608. The number of anilines is 1. The lowest BCUT2D eigenvalue weighted by Gasteiger charge is -2.06. The van der Waals surface area contributed by atoms with E-state index in [4.69, 9.17) is 23.2 Å². The largest absolute Gasteiger partial charge is 0.305 e. The predicted molar refractivity (Wildman–Crippen MR) is 64.2 cm³/mol. The van der Waals surface area contributed by atoms with Crippen molar-refractivity contribution in [2.75, 3.05) is 5.32 Å². The van der Waals surface area contributed by atoms with Crippen molar-refractivity contribution in [1.29, 1.82) is 0 Å². The van der Waals surface area contributed by atoms with Crippen LogP contribution in [0.3, 0.4) is 0 Å². The van der Waals surface area contributed by atoms with Crippen LogP contribution in [0.25, 0.3) is 0 Å². The highest BCUT2D eigenvalue weighted by atomic mass is 35.5. The first kappa shape index (κ1) is 12.7. The molecule has 0 aliphatic carbocycles. The van der Waals surface area contributed by atoms with Crippen molar-refractivity contribution in [1.82, 2.24) is 15.0 Å². The van der Waals surface area contributed by atoms with Crippen LogP contribution in [0, 0.1) is 5.95 Å². The second-order valence-electron chi connectivity index (χ2n) is 3.12. The normalized spacial score (nSPS) is 10.2. The maximum absolute atomic E-state index is 13.3. The van der Waals surface area contributed by atoms with E-state index < -0.39 is 11.9 Å². The molecule has 0 fully saturated rings. The molecule has 8 heteroatoms. The number of carbonyl (C=O) groups excluding carboxylic acids is 1. The van der Waals surface area contributed by atoms with Crippen LogP contribution in [0.4, 0.5) is 10.2 Å². The van der Waals surface area contributed by atoms with Gasteiger partial charge in [-0.15, -0.1) is 0 Å². The number of hydrogen-bond acceptors (Lipinski definition) is 4. The average molecular weight is 287 g/mol. The van der Waals surface area contributed by atoms with E-state index in [0.29, 0.717) is 0 Å². The summed E-state index contributed by atoms with van der Waals surface area (Å²) in [6.45, 7) is 0. The fraction of sp³-hybridized carbons (Fsp3) is 0. The van der Waals surface area contributed by atoms with Crippen LogP contribution in [0.15, 0.2) is 24.7 Å². The van der Waals surface area contributed by atoms with Crippen LogP contribution in [0.2, 0.25) is 10.2 Å². The summed E-state index contributed by atoms with van der Waals surface area (Å²) in [6, 6.07) is 2.72. The molecule has 2 aromatic heterocycles. The zero-order chi connectivity index (χ0) is 13.1. The van der Waals surface area contributed by atoms with E-state index in [0.717, 1.165) is 6.33 Å². The molecule has 1 amide bonds. The fourth-order valence-corrected chi connectivity index (χ4v) is 1.44. The van der Waals surface area contributed by atoms with Gasteiger partial charge in [0.15, 0.2) is 11.0 Å². The molecule has 0 bridgehead atoms. The summed E-state index contributed by atoms with van der Waals surface area (Å²) in [5.41, 5.74) is -0.219. The van der Waals surface area contributed by atoms with Gasteiger partial charge in [-0.1, -0.05) is 23.2 Å². The monoisotopic (exact) mass is 286 g/mol. The Hall–Kier alpha value is -1.79. The molecular formula is C10H5Cl2FN4O. The molecule has 0 saturated carbocycles. The highest BCUT2D eigenvalue weighted by Crippen LogP contribution is 2.25. The van der Waals surface area contributed by atoms with E-state index in [1.165, 1.54) is 18.3 Å². The molecule has 0 aromatic carbocycles. The molecule has 0 radical (unpaired) electrons. The van der Waals surface area contributed by atoms with Gasteiger partial charge < -0.3 is 5.32 Å². The standard InChI is InChI=1S/C10H5Cl2FN4O/c11-6-7(12)15-4-16-9(6)17-10(18)5-2-1-3-14-8(5)13/h1-4H,(H,15,16,17,18). The summed E-state index contributed by atoms with van der Waals surface area (Å²) in [7, 11) is 0. The van der Waals surface area contributed by atoms with Crippen molar-refractivity contribution >= 4 is 34.9 Å². The Morgan fingerprint density at radius 1 is 1.28 bits per heavy atom. The number of hydrogen-bond donors (Lipinski definition) is 1. The lowest BCUT2D eigenvalue weighted by atomic mass is 10.2. The Labute approximate surface area is 111 Å². The van der Waals surface area contributed by atoms with Crippen LogP contribution in [0.1, 0.15) is 10.4 Å². The predicted octanol–water partition coefficient (Wildman–Crippen LogP) is 2.57. The molecular weight excluding hydrogens is 282 g/mol.